The highest BCUT2D eigenvalue weighted by Gasteiger charge is 2.15. The molecule has 112 valence electrons. The first kappa shape index (κ1) is 16.2. The average Bonchev–Trinajstić information content (AvgIpc) is 2.43. The molecule has 0 fully saturated rings. The minimum absolute atomic E-state index is 0.00890. The van der Waals surface area contributed by atoms with Gasteiger partial charge in [-0.15, -0.1) is 0 Å². The van der Waals surface area contributed by atoms with E-state index in [4.69, 9.17) is 5.84 Å². The van der Waals surface area contributed by atoms with Gasteiger partial charge in [-0.2, -0.15) is 0 Å². The van der Waals surface area contributed by atoms with Crippen LogP contribution >= 0.6 is 15.9 Å². The molecule has 3 heteroatoms. The number of hydrogen-bond acceptors (Lipinski definition) is 2. The van der Waals surface area contributed by atoms with Gasteiger partial charge in [-0.1, -0.05) is 60.1 Å². The first-order valence-corrected chi connectivity index (χ1v) is 8.11. The molecule has 0 aliphatic heterocycles. The molecule has 0 heterocycles. The summed E-state index contributed by atoms with van der Waals surface area (Å²) in [6.07, 6.45) is 1.09. The standard InChI is InChI=1S/C18H23BrN2/c1-12(2)9-14-5-4-6-15(10-14)18(21-20)17-11-16(19)8-7-13(17)3/h4-8,10-12,18,21H,9,20H2,1-3H3. The highest BCUT2D eigenvalue weighted by atomic mass is 79.9. The van der Waals surface area contributed by atoms with Crippen LogP contribution in [0.4, 0.5) is 0 Å². The predicted octanol–water partition coefficient (Wildman–Crippen LogP) is 4.51. The Morgan fingerprint density at radius 2 is 1.90 bits per heavy atom. The average molecular weight is 347 g/mol. The van der Waals surface area contributed by atoms with Gasteiger partial charge in [-0.25, -0.2) is 5.43 Å². The van der Waals surface area contributed by atoms with E-state index in [1.165, 1.54) is 22.3 Å². The summed E-state index contributed by atoms with van der Waals surface area (Å²) in [5, 5.41) is 0. The fourth-order valence-electron chi connectivity index (χ4n) is 2.66. The van der Waals surface area contributed by atoms with Gasteiger partial charge in [0.2, 0.25) is 0 Å². The molecule has 0 spiro atoms. The third-order valence-electron chi connectivity index (χ3n) is 3.65. The summed E-state index contributed by atoms with van der Waals surface area (Å²) >= 11 is 3.54. The molecule has 0 amide bonds. The lowest BCUT2D eigenvalue weighted by molar-refractivity contribution is 0.625. The van der Waals surface area contributed by atoms with E-state index in [2.05, 4.69) is 84.6 Å². The number of aryl methyl sites for hydroxylation is 1. The SMILES string of the molecule is Cc1ccc(Br)cc1C(NN)c1cccc(CC(C)C)c1. The lowest BCUT2D eigenvalue weighted by atomic mass is 9.93. The zero-order chi connectivity index (χ0) is 15.4. The molecule has 1 atom stereocenters. The van der Waals surface area contributed by atoms with Crippen LogP contribution < -0.4 is 11.3 Å². The lowest BCUT2D eigenvalue weighted by Crippen LogP contribution is -2.29. The maximum absolute atomic E-state index is 5.84. The topological polar surface area (TPSA) is 38.0 Å². The third-order valence-corrected chi connectivity index (χ3v) is 4.14. The molecule has 0 aliphatic rings. The summed E-state index contributed by atoms with van der Waals surface area (Å²) < 4.78 is 1.07. The molecule has 2 aromatic rings. The molecule has 0 aromatic heterocycles. The smallest absolute Gasteiger partial charge is 0.0713 e. The Balaban J connectivity index is 2.39. The van der Waals surface area contributed by atoms with Crippen molar-refractivity contribution in [2.45, 2.75) is 33.2 Å². The molecular weight excluding hydrogens is 324 g/mol. The molecule has 2 nitrogen and oxygen atoms in total. The van der Waals surface area contributed by atoms with Gasteiger partial charge < -0.3 is 0 Å². The van der Waals surface area contributed by atoms with E-state index < -0.39 is 0 Å². The van der Waals surface area contributed by atoms with E-state index in [1.807, 2.05) is 0 Å². The number of nitrogens with two attached hydrogens (primary N) is 1. The van der Waals surface area contributed by atoms with Crippen LogP contribution in [0, 0.1) is 12.8 Å². The van der Waals surface area contributed by atoms with Gasteiger partial charge in [0.15, 0.2) is 0 Å². The molecule has 0 bridgehead atoms. The Labute approximate surface area is 135 Å². The Morgan fingerprint density at radius 3 is 2.57 bits per heavy atom. The zero-order valence-corrected chi connectivity index (χ0v) is 14.4. The van der Waals surface area contributed by atoms with Crippen molar-refractivity contribution in [2.75, 3.05) is 0 Å². The quantitative estimate of drug-likeness (QED) is 0.617. The minimum atomic E-state index is 0.00890. The monoisotopic (exact) mass is 346 g/mol. The van der Waals surface area contributed by atoms with Gasteiger partial charge in [0.05, 0.1) is 6.04 Å². The molecule has 0 saturated carbocycles. The normalized spacial score (nSPS) is 12.7. The van der Waals surface area contributed by atoms with Crippen molar-refractivity contribution < 1.29 is 0 Å². The van der Waals surface area contributed by atoms with Gasteiger partial charge in [-0.3, -0.25) is 5.84 Å². The molecule has 0 radical (unpaired) electrons. The van der Waals surface area contributed by atoms with Crippen molar-refractivity contribution in [3.05, 3.63) is 69.2 Å². The number of hydrogen-bond donors (Lipinski definition) is 2. The Bertz CT molecular complexity index is 608. The van der Waals surface area contributed by atoms with Crippen molar-refractivity contribution in [1.29, 1.82) is 0 Å². The fourth-order valence-corrected chi connectivity index (χ4v) is 3.04. The Hall–Kier alpha value is -1.16. The van der Waals surface area contributed by atoms with Crippen molar-refractivity contribution in [1.82, 2.24) is 5.43 Å². The lowest BCUT2D eigenvalue weighted by Gasteiger charge is -2.20. The van der Waals surface area contributed by atoms with Crippen molar-refractivity contribution in [2.24, 2.45) is 11.8 Å². The number of nitrogens with one attached hydrogen (secondary N) is 1. The van der Waals surface area contributed by atoms with Crippen molar-refractivity contribution in [3.63, 3.8) is 0 Å². The highest BCUT2D eigenvalue weighted by molar-refractivity contribution is 9.10. The van der Waals surface area contributed by atoms with Gasteiger partial charge in [0.25, 0.3) is 0 Å². The van der Waals surface area contributed by atoms with E-state index in [0.29, 0.717) is 5.92 Å². The summed E-state index contributed by atoms with van der Waals surface area (Å²) in [7, 11) is 0. The highest BCUT2D eigenvalue weighted by Crippen LogP contribution is 2.28. The number of benzene rings is 2. The van der Waals surface area contributed by atoms with E-state index in [9.17, 15) is 0 Å². The molecule has 3 N–H and O–H groups in total. The van der Waals surface area contributed by atoms with E-state index in [0.717, 1.165) is 10.9 Å². The number of halogens is 1. The summed E-state index contributed by atoms with van der Waals surface area (Å²) in [5.74, 6) is 6.49. The maximum Gasteiger partial charge on any atom is 0.0713 e. The van der Waals surface area contributed by atoms with Gasteiger partial charge in [0.1, 0.15) is 0 Å². The molecular formula is C18H23BrN2. The first-order valence-electron chi connectivity index (χ1n) is 7.32. The van der Waals surface area contributed by atoms with Crippen molar-refractivity contribution >= 4 is 15.9 Å². The van der Waals surface area contributed by atoms with Crippen LogP contribution in [0.15, 0.2) is 46.9 Å². The van der Waals surface area contributed by atoms with Gasteiger partial charge in [-0.05, 0) is 53.6 Å². The predicted molar refractivity (Wildman–Crippen MR) is 93.0 cm³/mol. The van der Waals surface area contributed by atoms with Crippen LogP contribution in [0.25, 0.3) is 0 Å². The Kier molecular flexibility index (Phi) is 5.57. The van der Waals surface area contributed by atoms with Crippen LogP contribution in [-0.2, 0) is 6.42 Å². The van der Waals surface area contributed by atoms with E-state index >= 15 is 0 Å². The molecule has 2 rings (SSSR count). The van der Waals surface area contributed by atoms with Crippen LogP contribution in [-0.4, -0.2) is 0 Å². The fraction of sp³-hybridized carbons (Fsp3) is 0.333. The minimum Gasteiger partial charge on any atom is -0.271 e. The van der Waals surface area contributed by atoms with Gasteiger partial charge in [0, 0.05) is 4.47 Å². The second-order valence-electron chi connectivity index (χ2n) is 5.94. The molecule has 2 aromatic carbocycles. The zero-order valence-electron chi connectivity index (χ0n) is 12.9. The largest absolute Gasteiger partial charge is 0.271 e. The van der Waals surface area contributed by atoms with Crippen molar-refractivity contribution in [3.8, 4) is 0 Å². The number of hydrazine groups is 1. The van der Waals surface area contributed by atoms with Crippen LogP contribution in [0.2, 0.25) is 0 Å². The van der Waals surface area contributed by atoms with Crippen LogP contribution in [0.1, 0.15) is 42.1 Å². The summed E-state index contributed by atoms with van der Waals surface area (Å²) in [4.78, 5) is 0. The summed E-state index contributed by atoms with van der Waals surface area (Å²) in [6, 6.07) is 15.0. The van der Waals surface area contributed by atoms with E-state index in [-0.39, 0.29) is 6.04 Å². The molecule has 21 heavy (non-hydrogen) atoms. The Morgan fingerprint density at radius 1 is 1.14 bits per heavy atom. The second kappa shape index (κ2) is 7.21. The first-order chi connectivity index (χ1) is 10.0. The van der Waals surface area contributed by atoms with Crippen LogP contribution in [0.5, 0.6) is 0 Å². The molecule has 0 saturated heterocycles. The molecule has 1 unspecified atom stereocenters. The van der Waals surface area contributed by atoms with Gasteiger partial charge >= 0.3 is 0 Å². The number of rotatable bonds is 5. The summed E-state index contributed by atoms with van der Waals surface area (Å²) in [6.45, 7) is 6.59. The third kappa shape index (κ3) is 4.16. The van der Waals surface area contributed by atoms with E-state index in [1.54, 1.807) is 0 Å². The maximum atomic E-state index is 5.84. The van der Waals surface area contributed by atoms with Crippen LogP contribution in [0.3, 0.4) is 0 Å². The second-order valence-corrected chi connectivity index (χ2v) is 6.86. The molecule has 0 aliphatic carbocycles. The summed E-state index contributed by atoms with van der Waals surface area (Å²) in [5.41, 5.74) is 7.96.